The number of hydrogen-bond acceptors (Lipinski definition) is 3. The van der Waals surface area contributed by atoms with E-state index in [0.717, 1.165) is 31.2 Å². The fourth-order valence-electron chi connectivity index (χ4n) is 3.58. The van der Waals surface area contributed by atoms with Gasteiger partial charge in [0.15, 0.2) is 0 Å². The Morgan fingerprint density at radius 1 is 1.16 bits per heavy atom. The fraction of sp³-hybridized carbons (Fsp3) is 0.474. The van der Waals surface area contributed by atoms with Crippen molar-refractivity contribution in [2.75, 3.05) is 0 Å². The Kier molecular flexibility index (Phi) is 5.70. The number of halogens is 2. The van der Waals surface area contributed by atoms with Gasteiger partial charge in [-0.25, -0.2) is 4.79 Å². The second kappa shape index (κ2) is 7.79. The first-order valence-electron chi connectivity index (χ1n) is 8.62. The predicted octanol–water partition coefficient (Wildman–Crippen LogP) is 4.75. The largest absolute Gasteiger partial charge is 0.459 e. The zero-order valence-corrected chi connectivity index (χ0v) is 15.6. The molecule has 6 heteroatoms. The van der Waals surface area contributed by atoms with Crippen molar-refractivity contribution in [1.29, 1.82) is 0 Å². The van der Waals surface area contributed by atoms with Gasteiger partial charge in [-0.2, -0.15) is 0 Å². The summed E-state index contributed by atoms with van der Waals surface area (Å²) in [4.78, 5) is 24.8. The number of hydrogen-bond donors (Lipinski definition) is 1. The molecule has 1 aromatic rings. The highest BCUT2D eigenvalue weighted by atomic mass is 35.5. The van der Waals surface area contributed by atoms with Crippen LogP contribution >= 0.6 is 23.2 Å². The van der Waals surface area contributed by atoms with E-state index in [4.69, 9.17) is 27.9 Å². The van der Waals surface area contributed by atoms with Crippen molar-refractivity contribution in [2.45, 2.75) is 57.5 Å². The first-order chi connectivity index (χ1) is 12.0. The van der Waals surface area contributed by atoms with Crippen LogP contribution < -0.4 is 5.32 Å². The lowest BCUT2D eigenvalue weighted by Crippen LogP contribution is -2.35. The summed E-state index contributed by atoms with van der Waals surface area (Å²) in [6, 6.07) is 5.21. The standard InChI is InChI=1S/C19H21Cl2NO3/c1-11-18(19(24)25-13-5-3-2-4-6-13)14(10-17(23)22-11)12-7-8-15(20)16(21)9-12/h7-9,13-14H,2-6,10H2,1H3,(H,22,23). The summed E-state index contributed by atoms with van der Waals surface area (Å²) >= 11 is 12.1. The summed E-state index contributed by atoms with van der Waals surface area (Å²) in [5.74, 6) is -0.845. The van der Waals surface area contributed by atoms with Crippen LogP contribution in [0.15, 0.2) is 29.5 Å². The van der Waals surface area contributed by atoms with Crippen molar-refractivity contribution in [3.8, 4) is 0 Å². The minimum Gasteiger partial charge on any atom is -0.459 e. The monoisotopic (exact) mass is 381 g/mol. The molecule has 2 aliphatic rings. The summed E-state index contributed by atoms with van der Waals surface area (Å²) in [5, 5.41) is 3.60. The molecule has 1 unspecified atom stereocenters. The Bertz CT molecular complexity index is 723. The highest BCUT2D eigenvalue weighted by molar-refractivity contribution is 6.42. The molecule has 1 atom stereocenters. The number of benzene rings is 1. The first-order valence-corrected chi connectivity index (χ1v) is 9.38. The van der Waals surface area contributed by atoms with Crippen molar-refractivity contribution in [3.63, 3.8) is 0 Å². The van der Waals surface area contributed by atoms with E-state index in [0.29, 0.717) is 21.3 Å². The molecule has 1 fully saturated rings. The second-order valence-electron chi connectivity index (χ2n) is 6.68. The number of carbonyl (C=O) groups excluding carboxylic acids is 2. The van der Waals surface area contributed by atoms with Crippen LogP contribution in [-0.4, -0.2) is 18.0 Å². The van der Waals surface area contributed by atoms with Crippen LogP contribution in [-0.2, 0) is 14.3 Å². The number of esters is 1. The summed E-state index contributed by atoms with van der Waals surface area (Å²) in [7, 11) is 0. The molecule has 3 rings (SSSR count). The molecule has 0 aromatic heterocycles. The van der Waals surface area contributed by atoms with Gasteiger partial charge in [0.1, 0.15) is 6.10 Å². The SMILES string of the molecule is CC1=C(C(=O)OC2CCCCC2)C(c2ccc(Cl)c(Cl)c2)CC(=O)N1. The smallest absolute Gasteiger partial charge is 0.336 e. The molecule has 0 radical (unpaired) electrons. The molecule has 1 aliphatic carbocycles. The van der Waals surface area contributed by atoms with E-state index >= 15 is 0 Å². The van der Waals surface area contributed by atoms with Crippen LogP contribution in [0.2, 0.25) is 10.0 Å². The lowest BCUT2D eigenvalue weighted by molar-refractivity contribution is -0.146. The van der Waals surface area contributed by atoms with Crippen molar-refractivity contribution < 1.29 is 14.3 Å². The normalized spacial score (nSPS) is 21.9. The zero-order chi connectivity index (χ0) is 18.0. The van der Waals surface area contributed by atoms with Gasteiger partial charge in [0, 0.05) is 18.0 Å². The van der Waals surface area contributed by atoms with Crippen LogP contribution in [0, 0.1) is 0 Å². The van der Waals surface area contributed by atoms with Gasteiger partial charge < -0.3 is 10.1 Å². The van der Waals surface area contributed by atoms with E-state index in [2.05, 4.69) is 5.32 Å². The number of allylic oxidation sites excluding steroid dienone is 1. The minimum atomic E-state index is -0.375. The molecule has 1 aliphatic heterocycles. The third-order valence-corrected chi connectivity index (χ3v) is 5.60. The van der Waals surface area contributed by atoms with Crippen molar-refractivity contribution in [2.24, 2.45) is 0 Å². The number of nitrogens with one attached hydrogen (secondary N) is 1. The molecule has 4 nitrogen and oxygen atoms in total. The van der Waals surface area contributed by atoms with E-state index in [-0.39, 0.29) is 30.3 Å². The van der Waals surface area contributed by atoms with E-state index in [9.17, 15) is 9.59 Å². The Morgan fingerprint density at radius 2 is 1.88 bits per heavy atom. The Morgan fingerprint density at radius 3 is 2.56 bits per heavy atom. The average molecular weight is 382 g/mol. The number of amides is 1. The van der Waals surface area contributed by atoms with Crippen LogP contribution in [0.25, 0.3) is 0 Å². The lowest BCUT2D eigenvalue weighted by atomic mass is 9.84. The highest BCUT2D eigenvalue weighted by Crippen LogP contribution is 2.36. The molecule has 25 heavy (non-hydrogen) atoms. The van der Waals surface area contributed by atoms with Crippen molar-refractivity contribution >= 4 is 35.1 Å². The molecule has 0 saturated heterocycles. The summed E-state index contributed by atoms with van der Waals surface area (Å²) in [6.45, 7) is 1.74. The van der Waals surface area contributed by atoms with E-state index in [1.54, 1.807) is 25.1 Å². The maximum atomic E-state index is 12.8. The molecule has 0 bridgehead atoms. The van der Waals surface area contributed by atoms with Gasteiger partial charge in [-0.15, -0.1) is 0 Å². The maximum Gasteiger partial charge on any atom is 0.336 e. The van der Waals surface area contributed by atoms with Gasteiger partial charge in [-0.1, -0.05) is 35.7 Å². The van der Waals surface area contributed by atoms with Crippen LogP contribution in [0.3, 0.4) is 0 Å². The van der Waals surface area contributed by atoms with E-state index < -0.39 is 0 Å². The van der Waals surface area contributed by atoms with Gasteiger partial charge in [-0.3, -0.25) is 4.79 Å². The van der Waals surface area contributed by atoms with E-state index in [1.165, 1.54) is 6.42 Å². The number of ether oxygens (including phenoxy) is 1. The fourth-order valence-corrected chi connectivity index (χ4v) is 3.89. The van der Waals surface area contributed by atoms with Gasteiger partial charge in [0.05, 0.1) is 15.6 Å². The maximum absolute atomic E-state index is 12.8. The molecule has 1 amide bonds. The topological polar surface area (TPSA) is 55.4 Å². The molecule has 1 aromatic carbocycles. The van der Waals surface area contributed by atoms with Crippen LogP contribution in [0.1, 0.15) is 56.9 Å². The van der Waals surface area contributed by atoms with E-state index in [1.807, 2.05) is 0 Å². The Hall–Kier alpha value is -1.52. The number of carbonyl (C=O) groups is 2. The third-order valence-electron chi connectivity index (χ3n) is 4.86. The van der Waals surface area contributed by atoms with Crippen LogP contribution in [0.5, 0.6) is 0 Å². The van der Waals surface area contributed by atoms with Crippen molar-refractivity contribution in [1.82, 2.24) is 5.32 Å². The molecule has 1 N–H and O–H groups in total. The molecule has 0 spiro atoms. The van der Waals surface area contributed by atoms with Gasteiger partial charge >= 0.3 is 5.97 Å². The molecule has 134 valence electrons. The minimum absolute atomic E-state index is 0.0337. The summed E-state index contributed by atoms with van der Waals surface area (Å²) in [6.07, 6.45) is 5.33. The molecular formula is C19H21Cl2NO3. The van der Waals surface area contributed by atoms with Gasteiger partial charge in [0.2, 0.25) is 5.91 Å². The van der Waals surface area contributed by atoms with Gasteiger partial charge in [0.25, 0.3) is 0 Å². The third kappa shape index (κ3) is 4.18. The second-order valence-corrected chi connectivity index (χ2v) is 7.50. The summed E-state index contributed by atoms with van der Waals surface area (Å²) < 4.78 is 5.74. The Balaban J connectivity index is 1.88. The quantitative estimate of drug-likeness (QED) is 0.768. The van der Waals surface area contributed by atoms with Crippen LogP contribution in [0.4, 0.5) is 0 Å². The molecule has 1 saturated carbocycles. The highest BCUT2D eigenvalue weighted by Gasteiger charge is 2.34. The molecule has 1 heterocycles. The Labute approximate surface area is 157 Å². The number of rotatable bonds is 3. The lowest BCUT2D eigenvalue weighted by Gasteiger charge is -2.29. The predicted molar refractivity (Wildman–Crippen MR) is 97.6 cm³/mol. The average Bonchev–Trinajstić information content (AvgIpc) is 2.57. The molecular weight excluding hydrogens is 361 g/mol. The van der Waals surface area contributed by atoms with Crippen molar-refractivity contribution in [3.05, 3.63) is 45.1 Å². The first kappa shape index (κ1) is 18.3. The summed E-state index contributed by atoms with van der Waals surface area (Å²) in [5.41, 5.74) is 1.84. The zero-order valence-electron chi connectivity index (χ0n) is 14.1. The van der Waals surface area contributed by atoms with Gasteiger partial charge in [-0.05, 0) is 50.3 Å².